The summed E-state index contributed by atoms with van der Waals surface area (Å²) in [5.41, 5.74) is 0. The van der Waals surface area contributed by atoms with Gasteiger partial charge in [-0.1, -0.05) is 19.3 Å². The summed E-state index contributed by atoms with van der Waals surface area (Å²) in [6.45, 7) is 0. The predicted octanol–water partition coefficient (Wildman–Crippen LogP) is 0.544. The van der Waals surface area contributed by atoms with Crippen LogP contribution in [0.5, 0.6) is 0 Å². The minimum absolute atomic E-state index is 0.0392. The Bertz CT molecular complexity index is 442. The number of nitrogens with zero attached hydrogens (tertiary/aromatic N) is 3. The Kier molecular flexibility index (Phi) is 3.77. The summed E-state index contributed by atoms with van der Waals surface area (Å²) >= 11 is 0. The minimum Gasteiger partial charge on any atom is -0.289 e. The number of nitro groups is 1. The number of urea groups is 1. The molecule has 2 aliphatic rings. The third-order valence-corrected chi connectivity index (χ3v) is 3.47. The first-order valence-electron chi connectivity index (χ1n) is 6.30. The van der Waals surface area contributed by atoms with Gasteiger partial charge in [0.25, 0.3) is 0 Å². The molecule has 0 radical (unpaired) electrons. The molecule has 0 aromatic rings. The molecule has 1 unspecified atom stereocenters. The molecule has 1 N–H and O–H groups in total. The topological polar surface area (TPSA) is 105 Å². The number of hydrogen-bond donors (Lipinski definition) is 1. The standard InChI is InChI=1S/C11H16N4O4/c1-14-10(16)8(15(18)19)9(13-11(14)17)12-7-5-3-2-4-6-7/h7-8H,2-6H2,1H3,(H,12,13,17). The van der Waals surface area contributed by atoms with Crippen LogP contribution in [0.25, 0.3) is 0 Å². The molecule has 1 saturated heterocycles. The molecular weight excluding hydrogens is 252 g/mol. The first-order chi connectivity index (χ1) is 9.00. The van der Waals surface area contributed by atoms with Crippen molar-refractivity contribution in [3.05, 3.63) is 10.1 Å². The van der Waals surface area contributed by atoms with E-state index in [4.69, 9.17) is 0 Å². The lowest BCUT2D eigenvalue weighted by atomic mass is 9.96. The lowest BCUT2D eigenvalue weighted by Crippen LogP contribution is -2.61. The number of aliphatic imine (C=N–C) groups is 1. The van der Waals surface area contributed by atoms with Gasteiger partial charge in [0.1, 0.15) is 0 Å². The molecule has 8 heteroatoms. The van der Waals surface area contributed by atoms with E-state index in [9.17, 15) is 19.7 Å². The van der Waals surface area contributed by atoms with Gasteiger partial charge < -0.3 is 0 Å². The summed E-state index contributed by atoms with van der Waals surface area (Å²) in [6, 6.07) is -2.30. The Hall–Kier alpha value is -1.99. The van der Waals surface area contributed by atoms with Crippen LogP contribution in [0.2, 0.25) is 0 Å². The average Bonchev–Trinajstić information content (AvgIpc) is 2.37. The highest BCUT2D eigenvalue weighted by molar-refractivity contribution is 6.19. The van der Waals surface area contributed by atoms with Crippen LogP contribution in [0.15, 0.2) is 4.99 Å². The molecule has 2 rings (SSSR count). The molecule has 0 spiro atoms. The van der Waals surface area contributed by atoms with E-state index < -0.39 is 22.9 Å². The SMILES string of the molecule is CN1C(=O)NC(=NC2CCCCC2)C([N+](=O)[O-])C1=O. The molecule has 0 bridgehead atoms. The van der Waals surface area contributed by atoms with Gasteiger partial charge in [0.2, 0.25) is 0 Å². The maximum atomic E-state index is 11.8. The van der Waals surface area contributed by atoms with Crippen molar-refractivity contribution in [2.24, 2.45) is 4.99 Å². The van der Waals surface area contributed by atoms with Crippen molar-refractivity contribution in [1.82, 2.24) is 10.2 Å². The molecule has 1 aliphatic carbocycles. The largest absolute Gasteiger partial charge is 0.346 e. The monoisotopic (exact) mass is 268 g/mol. The summed E-state index contributed by atoms with van der Waals surface area (Å²) in [4.78, 5) is 38.5. The van der Waals surface area contributed by atoms with E-state index in [-0.39, 0.29) is 11.9 Å². The highest BCUT2D eigenvalue weighted by atomic mass is 16.6. The van der Waals surface area contributed by atoms with Crippen LogP contribution >= 0.6 is 0 Å². The van der Waals surface area contributed by atoms with Crippen molar-refractivity contribution >= 4 is 17.8 Å². The fraction of sp³-hybridized carbons (Fsp3) is 0.727. The third-order valence-electron chi connectivity index (χ3n) is 3.47. The predicted molar refractivity (Wildman–Crippen MR) is 66.4 cm³/mol. The number of rotatable bonds is 2. The Labute approximate surface area is 110 Å². The van der Waals surface area contributed by atoms with Crippen molar-refractivity contribution < 1.29 is 14.5 Å². The summed E-state index contributed by atoms with van der Waals surface area (Å²) in [6.07, 6.45) is 4.86. The molecule has 19 heavy (non-hydrogen) atoms. The molecule has 0 aromatic heterocycles. The number of amides is 3. The zero-order chi connectivity index (χ0) is 14.0. The molecule has 1 heterocycles. The van der Waals surface area contributed by atoms with Gasteiger partial charge in [-0.25, -0.2) is 4.79 Å². The van der Waals surface area contributed by atoms with E-state index >= 15 is 0 Å². The van der Waals surface area contributed by atoms with Crippen LogP contribution in [-0.4, -0.2) is 46.7 Å². The summed E-state index contributed by atoms with van der Waals surface area (Å²) in [7, 11) is 1.21. The number of amidine groups is 1. The van der Waals surface area contributed by atoms with Crippen LogP contribution in [-0.2, 0) is 4.79 Å². The van der Waals surface area contributed by atoms with Gasteiger partial charge in [0, 0.05) is 12.0 Å². The van der Waals surface area contributed by atoms with Crippen molar-refractivity contribution in [2.75, 3.05) is 7.05 Å². The maximum absolute atomic E-state index is 11.8. The van der Waals surface area contributed by atoms with Gasteiger partial charge in [-0.15, -0.1) is 0 Å². The zero-order valence-electron chi connectivity index (χ0n) is 10.7. The van der Waals surface area contributed by atoms with E-state index in [0.717, 1.165) is 32.1 Å². The lowest BCUT2D eigenvalue weighted by Gasteiger charge is -2.26. The molecule has 0 aromatic carbocycles. The number of hydrogen-bond acceptors (Lipinski definition) is 5. The van der Waals surface area contributed by atoms with E-state index in [1.54, 1.807) is 0 Å². The highest BCUT2D eigenvalue weighted by Crippen LogP contribution is 2.21. The van der Waals surface area contributed by atoms with Crippen molar-refractivity contribution in [1.29, 1.82) is 0 Å². The van der Waals surface area contributed by atoms with Crippen LogP contribution in [0, 0.1) is 10.1 Å². The normalized spacial score (nSPS) is 27.5. The fourth-order valence-electron chi connectivity index (χ4n) is 2.36. The maximum Gasteiger partial charge on any atom is 0.346 e. The quantitative estimate of drug-likeness (QED) is 0.583. The number of carbonyl (C=O) groups is 2. The van der Waals surface area contributed by atoms with Crippen LogP contribution in [0.4, 0.5) is 4.79 Å². The molecular formula is C11H16N4O4. The summed E-state index contributed by atoms with van der Waals surface area (Å²) < 4.78 is 0. The number of nitrogens with one attached hydrogen (secondary N) is 1. The summed E-state index contributed by atoms with van der Waals surface area (Å²) in [5.74, 6) is -0.965. The number of carbonyl (C=O) groups excluding carboxylic acids is 2. The van der Waals surface area contributed by atoms with Gasteiger partial charge in [0.05, 0.1) is 6.04 Å². The lowest BCUT2D eigenvalue weighted by molar-refractivity contribution is -0.491. The van der Waals surface area contributed by atoms with Crippen LogP contribution < -0.4 is 5.32 Å². The minimum atomic E-state index is -1.59. The Morgan fingerprint density at radius 2 is 1.95 bits per heavy atom. The fourth-order valence-corrected chi connectivity index (χ4v) is 2.36. The molecule has 1 atom stereocenters. The van der Waals surface area contributed by atoms with Crippen molar-refractivity contribution in [2.45, 2.75) is 44.2 Å². The van der Waals surface area contributed by atoms with Crippen LogP contribution in [0.3, 0.4) is 0 Å². The van der Waals surface area contributed by atoms with Crippen LogP contribution in [0.1, 0.15) is 32.1 Å². The van der Waals surface area contributed by atoms with E-state index in [2.05, 4.69) is 10.3 Å². The number of likely N-dealkylation sites (N-methyl/N-ethyl adjacent to an activating group) is 1. The Morgan fingerprint density at radius 3 is 2.53 bits per heavy atom. The molecule has 8 nitrogen and oxygen atoms in total. The smallest absolute Gasteiger partial charge is 0.289 e. The molecule has 1 aliphatic heterocycles. The van der Waals surface area contributed by atoms with Gasteiger partial charge in [-0.05, 0) is 12.8 Å². The average molecular weight is 268 g/mol. The van der Waals surface area contributed by atoms with Crippen molar-refractivity contribution in [3.8, 4) is 0 Å². The second-order valence-corrected chi connectivity index (χ2v) is 4.82. The van der Waals surface area contributed by atoms with E-state index in [1.165, 1.54) is 7.05 Å². The highest BCUT2D eigenvalue weighted by Gasteiger charge is 2.45. The molecule has 2 fully saturated rings. The molecule has 3 amide bonds. The second kappa shape index (κ2) is 5.33. The number of imide groups is 1. The first kappa shape index (κ1) is 13.4. The van der Waals surface area contributed by atoms with Gasteiger partial charge in [-0.2, -0.15) is 0 Å². The van der Waals surface area contributed by atoms with Crippen molar-refractivity contribution in [3.63, 3.8) is 0 Å². The van der Waals surface area contributed by atoms with E-state index in [1.807, 2.05) is 0 Å². The molecule has 104 valence electrons. The second-order valence-electron chi connectivity index (χ2n) is 4.82. The zero-order valence-corrected chi connectivity index (χ0v) is 10.7. The van der Waals surface area contributed by atoms with E-state index in [0.29, 0.717) is 4.90 Å². The third kappa shape index (κ3) is 2.72. The van der Waals surface area contributed by atoms with Gasteiger partial charge in [0.15, 0.2) is 5.84 Å². The van der Waals surface area contributed by atoms with Gasteiger partial charge in [-0.3, -0.25) is 30.1 Å². The Morgan fingerprint density at radius 1 is 1.32 bits per heavy atom. The Balaban J connectivity index is 2.24. The molecule has 1 saturated carbocycles. The van der Waals surface area contributed by atoms with Gasteiger partial charge >= 0.3 is 18.0 Å². The first-order valence-corrected chi connectivity index (χ1v) is 6.30. The summed E-state index contributed by atoms with van der Waals surface area (Å²) in [5, 5.41) is 13.3.